The molecule has 0 aliphatic carbocycles. The number of piperidine rings is 1. The second-order valence-corrected chi connectivity index (χ2v) is 6.02. The number of nitrogens with two attached hydrogens (primary N) is 1. The molecular weight excluding hydrogens is 321 g/mol. The van der Waals surface area contributed by atoms with E-state index in [9.17, 15) is 18.0 Å². The number of nitrogens with zero attached hydrogens (tertiary/aromatic N) is 1. The van der Waals surface area contributed by atoms with E-state index in [0.717, 1.165) is 16.2 Å². The predicted molar refractivity (Wildman–Crippen MR) is 84.7 cm³/mol. The van der Waals surface area contributed by atoms with Crippen molar-refractivity contribution in [2.75, 3.05) is 13.2 Å². The van der Waals surface area contributed by atoms with Gasteiger partial charge < -0.3 is 15.4 Å². The fraction of sp³-hybridized carbons (Fsp3) is 0.588. The summed E-state index contributed by atoms with van der Waals surface area (Å²) in [6.07, 6.45) is -3.82. The van der Waals surface area contributed by atoms with Crippen LogP contribution in [0.4, 0.5) is 13.2 Å². The molecule has 1 aliphatic rings. The van der Waals surface area contributed by atoms with Gasteiger partial charge in [0.15, 0.2) is 0 Å². The Hall–Kier alpha value is -1.76. The molecule has 7 heteroatoms. The fourth-order valence-electron chi connectivity index (χ4n) is 2.93. The molecule has 4 nitrogen and oxygen atoms in total. The lowest BCUT2D eigenvalue weighted by atomic mass is 9.97. The van der Waals surface area contributed by atoms with Gasteiger partial charge in [0, 0.05) is 19.0 Å². The van der Waals surface area contributed by atoms with Crippen molar-refractivity contribution in [1.82, 2.24) is 4.90 Å². The average molecular weight is 344 g/mol. The van der Waals surface area contributed by atoms with Crippen molar-refractivity contribution in [3.8, 4) is 5.75 Å². The van der Waals surface area contributed by atoms with E-state index >= 15 is 0 Å². The number of carbonyl (C=O) groups excluding carboxylic acids is 1. The number of ether oxygens (including phenoxy) is 1. The number of benzene rings is 1. The lowest BCUT2D eigenvalue weighted by Gasteiger charge is -2.39. The molecule has 0 saturated carbocycles. The maximum absolute atomic E-state index is 13.1. The summed E-state index contributed by atoms with van der Waals surface area (Å²) in [7, 11) is 0. The van der Waals surface area contributed by atoms with E-state index in [2.05, 4.69) is 0 Å². The van der Waals surface area contributed by atoms with Gasteiger partial charge in [0.05, 0.1) is 6.61 Å². The highest BCUT2D eigenvalue weighted by Crippen LogP contribution is 2.32. The van der Waals surface area contributed by atoms with E-state index in [1.807, 2.05) is 19.1 Å². The molecule has 1 aromatic rings. The van der Waals surface area contributed by atoms with E-state index in [1.54, 1.807) is 12.1 Å². The minimum atomic E-state index is -4.41. The van der Waals surface area contributed by atoms with Crippen molar-refractivity contribution >= 4 is 5.91 Å². The molecule has 0 bridgehead atoms. The van der Waals surface area contributed by atoms with E-state index in [1.165, 1.54) is 0 Å². The van der Waals surface area contributed by atoms with Crippen LogP contribution >= 0.6 is 0 Å². The largest absolute Gasteiger partial charge is 0.494 e. The smallest absolute Gasteiger partial charge is 0.408 e. The number of rotatable bonds is 5. The molecule has 0 aromatic heterocycles. The number of amides is 1. The highest BCUT2D eigenvalue weighted by molar-refractivity contribution is 5.77. The highest BCUT2D eigenvalue weighted by Gasteiger charge is 2.47. The Morgan fingerprint density at radius 3 is 2.54 bits per heavy atom. The lowest BCUT2D eigenvalue weighted by Crippen LogP contribution is -2.56. The van der Waals surface area contributed by atoms with Gasteiger partial charge in [-0.15, -0.1) is 0 Å². The molecule has 0 unspecified atom stereocenters. The molecule has 1 amide bonds. The maximum Gasteiger partial charge on any atom is 0.408 e. The number of aryl methyl sites for hydroxylation is 1. The summed E-state index contributed by atoms with van der Waals surface area (Å²) in [4.78, 5) is 13.2. The molecule has 2 rings (SSSR count). The first-order valence-electron chi connectivity index (χ1n) is 8.14. The van der Waals surface area contributed by atoms with Gasteiger partial charge in [0.25, 0.3) is 0 Å². The zero-order chi connectivity index (χ0) is 17.7. The highest BCUT2D eigenvalue weighted by atomic mass is 19.4. The molecule has 0 radical (unpaired) electrons. The Kier molecular flexibility index (Phi) is 6.10. The van der Waals surface area contributed by atoms with E-state index in [0.29, 0.717) is 13.0 Å². The van der Waals surface area contributed by atoms with Gasteiger partial charge in [-0.1, -0.05) is 12.1 Å². The first-order chi connectivity index (χ1) is 11.3. The number of hydrogen-bond donors (Lipinski definition) is 1. The molecule has 2 atom stereocenters. The Labute approximate surface area is 139 Å². The van der Waals surface area contributed by atoms with Gasteiger partial charge in [-0.25, -0.2) is 0 Å². The van der Waals surface area contributed by atoms with Crippen molar-refractivity contribution in [3.63, 3.8) is 0 Å². The molecule has 2 N–H and O–H groups in total. The monoisotopic (exact) mass is 344 g/mol. The first kappa shape index (κ1) is 18.6. The summed E-state index contributed by atoms with van der Waals surface area (Å²) in [6.45, 7) is 2.41. The zero-order valence-corrected chi connectivity index (χ0v) is 13.7. The molecular formula is C17H23F3N2O2. The third-order valence-corrected chi connectivity index (χ3v) is 4.18. The first-order valence-corrected chi connectivity index (χ1v) is 8.14. The second-order valence-electron chi connectivity index (χ2n) is 6.02. The molecule has 134 valence electrons. The van der Waals surface area contributed by atoms with Crippen LogP contribution in [0.3, 0.4) is 0 Å². The summed E-state index contributed by atoms with van der Waals surface area (Å²) in [5.74, 6) is 0.230. The van der Waals surface area contributed by atoms with Gasteiger partial charge in [-0.3, -0.25) is 4.79 Å². The maximum atomic E-state index is 13.1. The third kappa shape index (κ3) is 4.87. The van der Waals surface area contributed by atoms with Crippen LogP contribution in [0.1, 0.15) is 31.7 Å². The van der Waals surface area contributed by atoms with Gasteiger partial charge in [-0.2, -0.15) is 13.2 Å². The quantitative estimate of drug-likeness (QED) is 0.894. The standard InChI is InChI=1S/C17H23F3N2O2/c1-2-24-14-7-3-12(4-8-14)5-10-16(23)22-11-13(21)6-9-15(22)17(18,19)20/h3-4,7-8,13,15H,2,5-6,9-11,21H2,1H3/t13-,15-/m1/s1. The molecule has 24 heavy (non-hydrogen) atoms. The molecule has 1 saturated heterocycles. The van der Waals surface area contributed by atoms with Gasteiger partial charge in [-0.05, 0) is 43.9 Å². The van der Waals surface area contributed by atoms with Crippen molar-refractivity contribution in [2.45, 2.75) is 50.9 Å². The third-order valence-electron chi connectivity index (χ3n) is 4.18. The minimum absolute atomic E-state index is 0.0350. The van der Waals surface area contributed by atoms with Gasteiger partial charge in [0.1, 0.15) is 11.8 Å². The van der Waals surface area contributed by atoms with Crippen LogP contribution in [0.15, 0.2) is 24.3 Å². The Morgan fingerprint density at radius 2 is 1.96 bits per heavy atom. The van der Waals surface area contributed by atoms with Crippen molar-refractivity contribution < 1.29 is 22.7 Å². The van der Waals surface area contributed by atoms with E-state index in [-0.39, 0.29) is 25.8 Å². The van der Waals surface area contributed by atoms with E-state index in [4.69, 9.17) is 10.5 Å². The molecule has 1 aromatic carbocycles. The molecule has 0 spiro atoms. The Balaban J connectivity index is 1.96. The molecule has 1 heterocycles. The number of hydrogen-bond acceptors (Lipinski definition) is 3. The van der Waals surface area contributed by atoms with Crippen molar-refractivity contribution in [2.24, 2.45) is 5.73 Å². The Morgan fingerprint density at radius 1 is 1.29 bits per heavy atom. The summed E-state index contributed by atoms with van der Waals surface area (Å²) in [5.41, 5.74) is 6.63. The zero-order valence-electron chi connectivity index (χ0n) is 13.7. The number of alkyl halides is 3. The van der Waals surface area contributed by atoms with Crippen LogP contribution in [0.2, 0.25) is 0 Å². The second kappa shape index (κ2) is 7.88. The summed E-state index contributed by atoms with van der Waals surface area (Å²) in [6, 6.07) is 5.11. The van der Waals surface area contributed by atoms with Crippen LogP contribution in [0, 0.1) is 0 Å². The normalized spacial score (nSPS) is 21.6. The van der Waals surface area contributed by atoms with Gasteiger partial charge >= 0.3 is 6.18 Å². The Bertz CT molecular complexity index is 546. The summed E-state index contributed by atoms with van der Waals surface area (Å²) >= 11 is 0. The van der Waals surface area contributed by atoms with Crippen molar-refractivity contribution in [1.29, 1.82) is 0 Å². The van der Waals surface area contributed by atoms with Crippen LogP contribution < -0.4 is 10.5 Å². The summed E-state index contributed by atoms with van der Waals surface area (Å²) < 4.78 is 44.7. The molecule has 1 fully saturated rings. The SMILES string of the molecule is CCOc1ccc(CCC(=O)N2C[C@H](N)CC[C@@H]2C(F)(F)F)cc1. The van der Waals surface area contributed by atoms with Gasteiger partial charge in [0.2, 0.25) is 5.91 Å². The predicted octanol–water partition coefficient (Wildman–Crippen LogP) is 2.90. The fourth-order valence-corrected chi connectivity index (χ4v) is 2.93. The number of halogens is 3. The molecule has 1 aliphatic heterocycles. The minimum Gasteiger partial charge on any atom is -0.494 e. The topological polar surface area (TPSA) is 55.6 Å². The summed E-state index contributed by atoms with van der Waals surface area (Å²) in [5, 5.41) is 0. The van der Waals surface area contributed by atoms with Crippen LogP contribution in [-0.4, -0.2) is 42.2 Å². The average Bonchev–Trinajstić information content (AvgIpc) is 2.53. The van der Waals surface area contributed by atoms with Crippen molar-refractivity contribution in [3.05, 3.63) is 29.8 Å². The number of likely N-dealkylation sites (tertiary alicyclic amines) is 1. The van der Waals surface area contributed by atoms with Crippen LogP contribution in [0.25, 0.3) is 0 Å². The van der Waals surface area contributed by atoms with E-state index < -0.39 is 24.2 Å². The number of carbonyl (C=O) groups is 1. The van der Waals surface area contributed by atoms with Crippen LogP contribution in [-0.2, 0) is 11.2 Å². The van der Waals surface area contributed by atoms with Crippen LogP contribution in [0.5, 0.6) is 5.75 Å². The lowest BCUT2D eigenvalue weighted by molar-refractivity contribution is -0.196.